The van der Waals surface area contributed by atoms with Gasteiger partial charge in [-0.3, -0.25) is 14.6 Å². The Morgan fingerprint density at radius 1 is 1.05 bits per heavy atom. The minimum atomic E-state index is -0.521. The molecule has 2 aliphatic heterocycles. The molecular formula is C31H35N7O3. The number of nitrogens with zero attached hydrogens (tertiary/aromatic N) is 5. The van der Waals surface area contributed by atoms with Crippen molar-refractivity contribution in [3.8, 4) is 5.75 Å². The van der Waals surface area contributed by atoms with E-state index in [1.165, 1.54) is 11.1 Å². The van der Waals surface area contributed by atoms with Crippen LogP contribution < -0.4 is 15.4 Å². The maximum atomic E-state index is 13.9. The number of pyridine rings is 1. The summed E-state index contributed by atoms with van der Waals surface area (Å²) >= 11 is 0. The molecule has 212 valence electrons. The fraction of sp³-hybridized carbons (Fsp3) is 0.387. The quantitative estimate of drug-likeness (QED) is 0.345. The van der Waals surface area contributed by atoms with Gasteiger partial charge in [-0.15, -0.1) is 5.10 Å². The molecule has 2 N–H and O–H groups in total. The van der Waals surface area contributed by atoms with Crippen molar-refractivity contribution < 1.29 is 14.3 Å². The van der Waals surface area contributed by atoms with Gasteiger partial charge in [-0.1, -0.05) is 23.4 Å². The summed E-state index contributed by atoms with van der Waals surface area (Å²) in [5.74, 6) is 1.10. The van der Waals surface area contributed by atoms with Crippen LogP contribution in [0, 0.1) is 5.92 Å². The molecule has 10 heteroatoms. The van der Waals surface area contributed by atoms with E-state index in [9.17, 15) is 9.59 Å². The Bertz CT molecular complexity index is 1520. The van der Waals surface area contributed by atoms with E-state index in [-0.39, 0.29) is 29.7 Å². The molecule has 2 aromatic carbocycles. The van der Waals surface area contributed by atoms with E-state index < -0.39 is 6.04 Å². The summed E-state index contributed by atoms with van der Waals surface area (Å²) in [5, 5.41) is 14.8. The first-order valence-corrected chi connectivity index (χ1v) is 14.1. The lowest BCUT2D eigenvalue weighted by molar-refractivity contribution is -0.139. The first-order valence-electron chi connectivity index (χ1n) is 14.1. The second-order valence-corrected chi connectivity index (χ2v) is 11.1. The van der Waals surface area contributed by atoms with E-state index in [0.717, 1.165) is 35.3 Å². The number of aryl methyl sites for hydroxylation is 1. The average Bonchev–Trinajstić information content (AvgIpc) is 3.76. The Balaban J connectivity index is 1.16. The van der Waals surface area contributed by atoms with Crippen LogP contribution in [0.4, 0.5) is 0 Å². The molecule has 4 atom stereocenters. The van der Waals surface area contributed by atoms with Crippen LogP contribution in [-0.4, -0.2) is 69.0 Å². The second kappa shape index (κ2) is 11.7. The lowest BCUT2D eigenvalue weighted by atomic mass is 9.96. The van der Waals surface area contributed by atoms with Gasteiger partial charge in [0.25, 0.3) is 0 Å². The molecule has 4 unspecified atom stereocenters. The van der Waals surface area contributed by atoms with Crippen LogP contribution in [0.3, 0.4) is 0 Å². The van der Waals surface area contributed by atoms with E-state index in [1.54, 1.807) is 24.2 Å². The first kappa shape index (κ1) is 26.9. The number of fused-ring (bicyclic) bond motifs is 1. The van der Waals surface area contributed by atoms with Gasteiger partial charge in [0.1, 0.15) is 17.3 Å². The highest BCUT2D eigenvalue weighted by Crippen LogP contribution is 2.31. The molecule has 2 amide bonds. The summed E-state index contributed by atoms with van der Waals surface area (Å²) in [5.41, 5.74) is 5.00. The third-order valence-electron chi connectivity index (χ3n) is 8.41. The Morgan fingerprint density at radius 3 is 2.61 bits per heavy atom. The minimum absolute atomic E-state index is 0.0000773. The number of methoxy groups -OCH3 is 1. The largest absolute Gasteiger partial charge is 0.497 e. The number of nitrogens with one attached hydrogen (secondary N) is 2. The lowest BCUT2D eigenvalue weighted by Gasteiger charge is -2.27. The predicted molar refractivity (Wildman–Crippen MR) is 154 cm³/mol. The van der Waals surface area contributed by atoms with Crippen molar-refractivity contribution in [3.63, 3.8) is 0 Å². The number of rotatable bonds is 8. The summed E-state index contributed by atoms with van der Waals surface area (Å²) in [4.78, 5) is 33.4. The van der Waals surface area contributed by atoms with Crippen molar-refractivity contribution in [2.75, 3.05) is 20.2 Å². The van der Waals surface area contributed by atoms with Gasteiger partial charge < -0.3 is 20.3 Å². The van der Waals surface area contributed by atoms with Crippen molar-refractivity contribution in [2.24, 2.45) is 13.0 Å². The molecule has 2 fully saturated rings. The van der Waals surface area contributed by atoms with Gasteiger partial charge in [-0.2, -0.15) is 0 Å². The molecule has 41 heavy (non-hydrogen) atoms. The van der Waals surface area contributed by atoms with Crippen LogP contribution in [0.1, 0.15) is 35.4 Å². The van der Waals surface area contributed by atoms with Gasteiger partial charge in [0.05, 0.1) is 18.7 Å². The molecular weight excluding hydrogens is 518 g/mol. The highest BCUT2D eigenvalue weighted by molar-refractivity contribution is 5.90. The number of carbonyl (C=O) groups is 2. The van der Waals surface area contributed by atoms with Crippen molar-refractivity contribution in [1.82, 2.24) is 35.5 Å². The van der Waals surface area contributed by atoms with Crippen LogP contribution in [-0.2, 0) is 29.6 Å². The second-order valence-electron chi connectivity index (χ2n) is 11.1. The number of likely N-dealkylation sites (tertiary alicyclic amines) is 1. The number of amides is 2. The van der Waals surface area contributed by atoms with Crippen molar-refractivity contribution in [3.05, 3.63) is 83.7 Å². The molecule has 0 bridgehead atoms. The van der Waals surface area contributed by atoms with Gasteiger partial charge in [0.2, 0.25) is 11.8 Å². The molecule has 2 aliphatic rings. The third-order valence-corrected chi connectivity index (χ3v) is 8.41. The Labute approximate surface area is 239 Å². The summed E-state index contributed by atoms with van der Waals surface area (Å²) in [6, 6.07) is 17.1. The van der Waals surface area contributed by atoms with E-state index in [0.29, 0.717) is 25.9 Å². The van der Waals surface area contributed by atoms with Crippen molar-refractivity contribution in [1.29, 1.82) is 0 Å². The molecule has 10 nitrogen and oxygen atoms in total. The zero-order chi connectivity index (χ0) is 28.3. The average molecular weight is 554 g/mol. The highest BCUT2D eigenvalue weighted by Gasteiger charge is 2.43. The SMILES string of the molecule is COc1ccc(CC2CC(C(=O)NCc3ccc4c(c3)nnn4C)N(C(=O)C3CC(c4ccncc4)CN3)C2)cc1. The molecule has 2 saturated heterocycles. The monoisotopic (exact) mass is 553 g/mol. The van der Waals surface area contributed by atoms with E-state index in [4.69, 9.17) is 4.74 Å². The number of hydrogen-bond donors (Lipinski definition) is 2. The van der Waals surface area contributed by atoms with Gasteiger partial charge in [0, 0.05) is 39.1 Å². The number of carbonyl (C=O) groups excluding carboxylic acids is 2. The minimum Gasteiger partial charge on any atom is -0.497 e. The van der Waals surface area contributed by atoms with E-state index in [2.05, 4.69) is 38.1 Å². The number of benzene rings is 2. The van der Waals surface area contributed by atoms with Gasteiger partial charge in [-0.25, -0.2) is 4.68 Å². The molecule has 6 rings (SSSR count). The van der Waals surface area contributed by atoms with Crippen LogP contribution in [0.15, 0.2) is 67.0 Å². The molecule has 0 spiro atoms. The number of hydrogen-bond acceptors (Lipinski definition) is 7. The molecule has 0 aliphatic carbocycles. The summed E-state index contributed by atoms with van der Waals surface area (Å²) in [6.45, 7) is 1.64. The topological polar surface area (TPSA) is 114 Å². The molecule has 4 heterocycles. The molecule has 4 aromatic rings. The van der Waals surface area contributed by atoms with Crippen LogP contribution >= 0.6 is 0 Å². The van der Waals surface area contributed by atoms with Crippen LogP contribution in [0.25, 0.3) is 11.0 Å². The lowest BCUT2D eigenvalue weighted by Crippen LogP contribution is -2.51. The van der Waals surface area contributed by atoms with Crippen LogP contribution in [0.5, 0.6) is 5.75 Å². The smallest absolute Gasteiger partial charge is 0.243 e. The Hall–Kier alpha value is -4.31. The van der Waals surface area contributed by atoms with E-state index in [1.807, 2.05) is 54.4 Å². The van der Waals surface area contributed by atoms with Crippen LogP contribution in [0.2, 0.25) is 0 Å². The fourth-order valence-corrected chi connectivity index (χ4v) is 6.17. The first-order chi connectivity index (χ1) is 20.0. The maximum absolute atomic E-state index is 13.9. The molecule has 2 aromatic heterocycles. The predicted octanol–water partition coefficient (Wildman–Crippen LogP) is 2.59. The maximum Gasteiger partial charge on any atom is 0.243 e. The van der Waals surface area contributed by atoms with Gasteiger partial charge >= 0.3 is 0 Å². The van der Waals surface area contributed by atoms with Gasteiger partial charge in [0.15, 0.2) is 0 Å². The third kappa shape index (κ3) is 5.78. The Kier molecular flexibility index (Phi) is 7.65. The standard InChI is InChI=1S/C31H35N7O3/c1-37-28-8-5-21(14-26(28)35-36-37)17-34-30(39)29-15-22(13-20-3-6-25(41-2)7-4-20)19-38(29)31(40)27-16-24(18-33-27)23-9-11-32-12-10-23/h3-12,14,22,24,27,29,33H,13,15-19H2,1-2H3,(H,34,39). The Morgan fingerprint density at radius 2 is 1.83 bits per heavy atom. The summed E-state index contributed by atoms with van der Waals surface area (Å²) < 4.78 is 7.02. The number of ether oxygens (including phenoxy) is 1. The zero-order valence-corrected chi connectivity index (χ0v) is 23.4. The van der Waals surface area contributed by atoms with E-state index >= 15 is 0 Å². The normalized spacial score (nSPS) is 22.2. The summed E-state index contributed by atoms with van der Waals surface area (Å²) in [7, 11) is 3.50. The highest BCUT2D eigenvalue weighted by atomic mass is 16.5. The molecule has 0 saturated carbocycles. The van der Waals surface area contributed by atoms with Crippen molar-refractivity contribution in [2.45, 2.75) is 43.8 Å². The fourth-order valence-electron chi connectivity index (χ4n) is 6.17. The zero-order valence-electron chi connectivity index (χ0n) is 23.4. The van der Waals surface area contributed by atoms with Crippen molar-refractivity contribution >= 4 is 22.8 Å². The van der Waals surface area contributed by atoms with Gasteiger partial charge in [-0.05, 0) is 84.2 Å². The number of aromatic nitrogens is 4. The molecule has 0 radical (unpaired) electrons. The summed E-state index contributed by atoms with van der Waals surface area (Å²) in [6.07, 6.45) is 5.69.